The first kappa shape index (κ1) is 13.9. The van der Waals surface area contributed by atoms with Gasteiger partial charge in [0.05, 0.1) is 7.11 Å². The number of aromatic hydroxyl groups is 1. The molecule has 0 aliphatic carbocycles. The first-order valence-corrected chi connectivity index (χ1v) is 6.74. The number of hydrogen-bond acceptors (Lipinski definition) is 3. The van der Waals surface area contributed by atoms with Gasteiger partial charge >= 0.3 is 5.97 Å². The van der Waals surface area contributed by atoms with Crippen LogP contribution in [0.4, 0.5) is 0 Å². The van der Waals surface area contributed by atoms with E-state index in [0.29, 0.717) is 11.1 Å². The zero-order valence-electron chi connectivity index (χ0n) is 11.9. The van der Waals surface area contributed by atoms with E-state index in [1.54, 1.807) is 19.2 Å². The number of carboxylic acid groups (broad SMARTS) is 1. The third-order valence-electron chi connectivity index (χ3n) is 3.63. The summed E-state index contributed by atoms with van der Waals surface area (Å²) in [6.07, 6.45) is 0. The van der Waals surface area contributed by atoms with Gasteiger partial charge in [0, 0.05) is 5.39 Å². The smallest absolute Gasteiger partial charge is 0.339 e. The summed E-state index contributed by atoms with van der Waals surface area (Å²) in [5, 5.41) is 20.8. The van der Waals surface area contributed by atoms with E-state index in [4.69, 9.17) is 4.74 Å². The van der Waals surface area contributed by atoms with Crippen LogP contribution in [0.5, 0.6) is 11.5 Å². The molecule has 0 saturated heterocycles. The zero-order chi connectivity index (χ0) is 15.7. The standard InChI is InChI=1S/C18H14O4/c1-22-12-6-4-5-11(9-12)15-10-16(18(20)21)17(19)14-8-3-2-7-13(14)15/h2-10,19H,1H3,(H,20,21). The third kappa shape index (κ3) is 2.24. The highest BCUT2D eigenvalue weighted by atomic mass is 16.5. The molecule has 2 N–H and O–H groups in total. The van der Waals surface area contributed by atoms with Crippen LogP contribution in [0.25, 0.3) is 21.9 Å². The van der Waals surface area contributed by atoms with E-state index < -0.39 is 5.97 Å². The number of fused-ring (bicyclic) bond motifs is 1. The van der Waals surface area contributed by atoms with Gasteiger partial charge < -0.3 is 14.9 Å². The van der Waals surface area contributed by atoms with Crippen LogP contribution in [-0.2, 0) is 0 Å². The summed E-state index contributed by atoms with van der Waals surface area (Å²) in [6.45, 7) is 0. The normalized spacial score (nSPS) is 10.6. The van der Waals surface area contributed by atoms with Crippen LogP contribution in [0.15, 0.2) is 54.6 Å². The molecular weight excluding hydrogens is 280 g/mol. The molecule has 0 heterocycles. The van der Waals surface area contributed by atoms with Crippen LogP contribution >= 0.6 is 0 Å². The van der Waals surface area contributed by atoms with Crippen LogP contribution in [0, 0.1) is 0 Å². The van der Waals surface area contributed by atoms with Crippen molar-refractivity contribution in [2.24, 2.45) is 0 Å². The van der Waals surface area contributed by atoms with Crippen molar-refractivity contribution in [1.29, 1.82) is 0 Å². The van der Waals surface area contributed by atoms with Crippen LogP contribution in [0.2, 0.25) is 0 Å². The SMILES string of the molecule is COc1cccc(-c2cc(C(=O)O)c(O)c3ccccc23)c1. The number of hydrogen-bond donors (Lipinski definition) is 2. The predicted octanol–water partition coefficient (Wildman–Crippen LogP) is 3.92. The Morgan fingerprint density at radius 1 is 1.00 bits per heavy atom. The van der Waals surface area contributed by atoms with Crippen molar-refractivity contribution in [3.05, 3.63) is 60.2 Å². The summed E-state index contributed by atoms with van der Waals surface area (Å²) >= 11 is 0. The lowest BCUT2D eigenvalue weighted by molar-refractivity contribution is 0.0694. The molecule has 4 nitrogen and oxygen atoms in total. The highest BCUT2D eigenvalue weighted by Gasteiger charge is 2.17. The molecule has 22 heavy (non-hydrogen) atoms. The lowest BCUT2D eigenvalue weighted by Gasteiger charge is -2.12. The number of phenols is 1. The summed E-state index contributed by atoms with van der Waals surface area (Å²) < 4.78 is 5.22. The monoisotopic (exact) mass is 294 g/mol. The molecule has 0 radical (unpaired) electrons. The van der Waals surface area contributed by atoms with Crippen LogP contribution in [0.3, 0.4) is 0 Å². The van der Waals surface area contributed by atoms with Gasteiger partial charge in [-0.3, -0.25) is 0 Å². The van der Waals surface area contributed by atoms with E-state index in [9.17, 15) is 15.0 Å². The van der Waals surface area contributed by atoms with Gasteiger partial charge in [0.2, 0.25) is 0 Å². The maximum absolute atomic E-state index is 11.4. The fourth-order valence-corrected chi connectivity index (χ4v) is 2.55. The maximum Gasteiger partial charge on any atom is 0.339 e. The largest absolute Gasteiger partial charge is 0.506 e. The van der Waals surface area contributed by atoms with E-state index in [1.807, 2.05) is 36.4 Å². The number of benzene rings is 3. The predicted molar refractivity (Wildman–Crippen MR) is 84.6 cm³/mol. The topological polar surface area (TPSA) is 66.8 Å². The van der Waals surface area contributed by atoms with Crippen molar-refractivity contribution in [3.8, 4) is 22.6 Å². The molecule has 0 aromatic heterocycles. The Labute approximate surface area is 127 Å². The lowest BCUT2D eigenvalue weighted by atomic mass is 9.94. The number of carbonyl (C=O) groups is 1. The molecule has 3 rings (SSSR count). The van der Waals surface area contributed by atoms with Crippen molar-refractivity contribution < 1.29 is 19.7 Å². The van der Waals surface area contributed by atoms with Gasteiger partial charge in [0.25, 0.3) is 0 Å². The van der Waals surface area contributed by atoms with E-state index >= 15 is 0 Å². The Bertz CT molecular complexity index is 868. The molecule has 0 fully saturated rings. The Kier molecular flexibility index (Phi) is 3.43. The second-order valence-electron chi connectivity index (χ2n) is 4.90. The Morgan fingerprint density at radius 3 is 2.41 bits per heavy atom. The molecule has 0 spiro atoms. The van der Waals surface area contributed by atoms with Crippen molar-refractivity contribution in [1.82, 2.24) is 0 Å². The number of aromatic carboxylic acids is 1. The molecule has 3 aromatic carbocycles. The van der Waals surface area contributed by atoms with Gasteiger partial charge in [-0.15, -0.1) is 0 Å². The maximum atomic E-state index is 11.4. The summed E-state index contributed by atoms with van der Waals surface area (Å²) in [5.41, 5.74) is 1.46. The number of ether oxygens (including phenoxy) is 1. The van der Waals surface area contributed by atoms with Gasteiger partial charge in [0.1, 0.15) is 17.1 Å². The van der Waals surface area contributed by atoms with Gasteiger partial charge in [-0.1, -0.05) is 36.4 Å². The van der Waals surface area contributed by atoms with Crippen LogP contribution in [-0.4, -0.2) is 23.3 Å². The molecular formula is C18H14O4. The first-order valence-electron chi connectivity index (χ1n) is 6.74. The summed E-state index contributed by atoms with van der Waals surface area (Å²) in [6, 6.07) is 16.1. The Balaban J connectivity index is 2.37. The molecule has 0 unspecified atom stereocenters. The average molecular weight is 294 g/mol. The Hall–Kier alpha value is -3.01. The summed E-state index contributed by atoms with van der Waals surface area (Å²) in [7, 11) is 1.58. The first-order chi connectivity index (χ1) is 10.6. The van der Waals surface area contributed by atoms with E-state index in [1.165, 1.54) is 6.07 Å². The molecule has 0 aliphatic rings. The number of carboxylic acids is 1. The molecule has 0 saturated carbocycles. The summed E-state index contributed by atoms with van der Waals surface area (Å²) in [4.78, 5) is 11.4. The number of methoxy groups -OCH3 is 1. The molecule has 0 amide bonds. The van der Waals surface area contributed by atoms with Gasteiger partial charge in [0.15, 0.2) is 0 Å². The highest BCUT2D eigenvalue weighted by molar-refractivity contribution is 6.07. The van der Waals surface area contributed by atoms with Gasteiger partial charge in [-0.25, -0.2) is 4.79 Å². The molecule has 0 aliphatic heterocycles. The third-order valence-corrected chi connectivity index (χ3v) is 3.63. The van der Waals surface area contributed by atoms with Gasteiger partial charge in [-0.05, 0) is 34.7 Å². The average Bonchev–Trinajstić information content (AvgIpc) is 2.55. The second-order valence-corrected chi connectivity index (χ2v) is 4.90. The number of rotatable bonds is 3. The molecule has 110 valence electrons. The van der Waals surface area contributed by atoms with E-state index in [-0.39, 0.29) is 11.3 Å². The zero-order valence-corrected chi connectivity index (χ0v) is 11.9. The second kappa shape index (κ2) is 5.41. The molecule has 4 heteroatoms. The van der Waals surface area contributed by atoms with E-state index in [2.05, 4.69) is 0 Å². The van der Waals surface area contributed by atoms with Crippen LogP contribution in [0.1, 0.15) is 10.4 Å². The fourth-order valence-electron chi connectivity index (χ4n) is 2.55. The van der Waals surface area contributed by atoms with Crippen LogP contribution < -0.4 is 4.74 Å². The molecule has 0 bridgehead atoms. The Morgan fingerprint density at radius 2 is 1.73 bits per heavy atom. The quantitative estimate of drug-likeness (QED) is 0.768. The highest BCUT2D eigenvalue weighted by Crippen LogP contribution is 2.37. The van der Waals surface area contributed by atoms with Crippen molar-refractivity contribution in [2.45, 2.75) is 0 Å². The van der Waals surface area contributed by atoms with Crippen molar-refractivity contribution in [3.63, 3.8) is 0 Å². The van der Waals surface area contributed by atoms with E-state index in [0.717, 1.165) is 16.5 Å². The lowest BCUT2D eigenvalue weighted by Crippen LogP contribution is -1.98. The molecule has 0 atom stereocenters. The minimum absolute atomic E-state index is 0.114. The summed E-state index contributed by atoms with van der Waals surface area (Å²) in [5.74, 6) is -0.686. The minimum atomic E-state index is -1.16. The van der Waals surface area contributed by atoms with Gasteiger partial charge in [-0.2, -0.15) is 0 Å². The van der Waals surface area contributed by atoms with Crippen molar-refractivity contribution in [2.75, 3.05) is 7.11 Å². The van der Waals surface area contributed by atoms with Crippen molar-refractivity contribution >= 4 is 16.7 Å². The fraction of sp³-hybridized carbons (Fsp3) is 0.0556. The minimum Gasteiger partial charge on any atom is -0.506 e. The molecule has 3 aromatic rings.